The maximum absolute atomic E-state index is 12.4. The predicted octanol–water partition coefficient (Wildman–Crippen LogP) is 1.50. The number of aryl methyl sites for hydroxylation is 1. The molecule has 0 spiro atoms. The highest BCUT2D eigenvalue weighted by molar-refractivity contribution is 6.00. The Kier molecular flexibility index (Phi) is 2.79. The standard InChI is InChI=1S/C14H16N2O4/c1-9-3-2-4-11(16(19)20)12(9)13(17)15-7-14(18,8-15)10-5-6-10/h2-4,10,18H,5-8H2,1H3. The molecular formula is C14H16N2O4. The number of hydrogen-bond acceptors (Lipinski definition) is 4. The summed E-state index contributed by atoms with van der Waals surface area (Å²) in [6.07, 6.45) is 2.01. The summed E-state index contributed by atoms with van der Waals surface area (Å²) in [6.45, 7) is 2.25. The lowest BCUT2D eigenvalue weighted by Crippen LogP contribution is -2.64. The van der Waals surface area contributed by atoms with E-state index in [0.29, 0.717) is 11.5 Å². The van der Waals surface area contributed by atoms with Crippen molar-refractivity contribution in [2.75, 3.05) is 13.1 Å². The van der Waals surface area contributed by atoms with Crippen LogP contribution in [0.4, 0.5) is 5.69 Å². The largest absolute Gasteiger partial charge is 0.386 e. The summed E-state index contributed by atoms with van der Waals surface area (Å²) in [6, 6.07) is 4.60. The Balaban J connectivity index is 1.83. The molecule has 1 saturated carbocycles. The van der Waals surface area contributed by atoms with Crippen LogP contribution in [0, 0.1) is 23.0 Å². The third-order valence-electron chi connectivity index (χ3n) is 4.22. The Morgan fingerprint density at radius 2 is 2.10 bits per heavy atom. The van der Waals surface area contributed by atoms with Gasteiger partial charge in [0.05, 0.1) is 18.0 Å². The zero-order valence-electron chi connectivity index (χ0n) is 11.2. The van der Waals surface area contributed by atoms with E-state index in [4.69, 9.17) is 0 Å². The fourth-order valence-electron chi connectivity index (χ4n) is 2.88. The molecule has 0 unspecified atom stereocenters. The zero-order chi connectivity index (χ0) is 14.5. The normalized spacial score (nSPS) is 20.4. The lowest BCUT2D eigenvalue weighted by Gasteiger charge is -2.47. The monoisotopic (exact) mass is 276 g/mol. The molecule has 6 nitrogen and oxygen atoms in total. The quantitative estimate of drug-likeness (QED) is 0.669. The molecule has 2 fully saturated rings. The number of nitrogens with zero attached hydrogens (tertiary/aromatic N) is 2. The van der Waals surface area contributed by atoms with Gasteiger partial charge < -0.3 is 10.0 Å². The van der Waals surface area contributed by atoms with Crippen LogP contribution in [-0.4, -0.2) is 39.5 Å². The van der Waals surface area contributed by atoms with Crippen LogP contribution in [0.1, 0.15) is 28.8 Å². The van der Waals surface area contributed by atoms with Gasteiger partial charge in [-0.3, -0.25) is 14.9 Å². The number of nitro benzene ring substituents is 1. The molecule has 1 aliphatic heterocycles. The van der Waals surface area contributed by atoms with Crippen molar-refractivity contribution < 1.29 is 14.8 Å². The van der Waals surface area contributed by atoms with Crippen LogP contribution in [0.15, 0.2) is 18.2 Å². The van der Waals surface area contributed by atoms with Gasteiger partial charge in [-0.2, -0.15) is 0 Å². The van der Waals surface area contributed by atoms with Gasteiger partial charge in [0.15, 0.2) is 0 Å². The number of likely N-dealkylation sites (tertiary alicyclic amines) is 1. The number of carbonyl (C=O) groups excluding carboxylic acids is 1. The summed E-state index contributed by atoms with van der Waals surface area (Å²) in [4.78, 5) is 24.4. The van der Waals surface area contributed by atoms with E-state index >= 15 is 0 Å². The molecule has 0 atom stereocenters. The minimum Gasteiger partial charge on any atom is -0.386 e. The van der Waals surface area contributed by atoms with Crippen LogP contribution in [-0.2, 0) is 0 Å². The smallest absolute Gasteiger partial charge is 0.282 e. The van der Waals surface area contributed by atoms with Gasteiger partial charge in [0.25, 0.3) is 11.6 Å². The number of benzene rings is 1. The lowest BCUT2D eigenvalue weighted by molar-refractivity contribution is -0.385. The Bertz CT molecular complexity index is 589. The summed E-state index contributed by atoms with van der Waals surface area (Å²) in [5.41, 5.74) is -0.217. The minimum absolute atomic E-state index is 0.135. The van der Waals surface area contributed by atoms with Gasteiger partial charge in [0.1, 0.15) is 11.2 Å². The van der Waals surface area contributed by atoms with Crippen LogP contribution in [0.3, 0.4) is 0 Å². The number of β-amino-alcohol motifs (C(OH)–C–C–N with tert-alkyl or cyclic N) is 1. The molecule has 1 aromatic rings. The first-order valence-electron chi connectivity index (χ1n) is 6.68. The van der Waals surface area contributed by atoms with Crippen LogP contribution in [0.25, 0.3) is 0 Å². The molecule has 106 valence electrons. The van der Waals surface area contributed by atoms with Gasteiger partial charge in [-0.25, -0.2) is 0 Å². The van der Waals surface area contributed by atoms with Crippen LogP contribution in [0.2, 0.25) is 0 Å². The van der Waals surface area contributed by atoms with Gasteiger partial charge in [-0.15, -0.1) is 0 Å². The lowest BCUT2D eigenvalue weighted by atomic mass is 9.87. The first kappa shape index (κ1) is 13.1. The van der Waals surface area contributed by atoms with Crippen LogP contribution >= 0.6 is 0 Å². The predicted molar refractivity (Wildman–Crippen MR) is 71.4 cm³/mol. The average molecular weight is 276 g/mol. The van der Waals surface area contributed by atoms with Gasteiger partial charge in [-0.05, 0) is 31.2 Å². The second-order valence-electron chi connectivity index (χ2n) is 5.77. The van der Waals surface area contributed by atoms with E-state index in [1.54, 1.807) is 19.1 Å². The topological polar surface area (TPSA) is 83.7 Å². The van der Waals surface area contributed by atoms with Crippen molar-refractivity contribution in [3.8, 4) is 0 Å². The van der Waals surface area contributed by atoms with Gasteiger partial charge >= 0.3 is 0 Å². The minimum atomic E-state index is -0.771. The number of rotatable bonds is 3. The highest BCUT2D eigenvalue weighted by Gasteiger charge is 2.53. The SMILES string of the molecule is Cc1cccc([N+](=O)[O-])c1C(=O)N1CC(O)(C2CC2)C1. The molecule has 1 heterocycles. The third-order valence-corrected chi connectivity index (χ3v) is 4.22. The molecule has 0 bridgehead atoms. The van der Waals surface area contributed by atoms with Gasteiger partial charge in [0.2, 0.25) is 0 Å². The molecule has 1 N–H and O–H groups in total. The Labute approximate surface area is 116 Å². The van der Waals surface area contributed by atoms with E-state index in [2.05, 4.69) is 0 Å². The molecule has 20 heavy (non-hydrogen) atoms. The molecule has 1 saturated heterocycles. The second kappa shape index (κ2) is 4.28. The maximum atomic E-state index is 12.4. The Hall–Kier alpha value is -1.95. The number of hydrogen-bond donors (Lipinski definition) is 1. The first-order chi connectivity index (χ1) is 9.42. The van der Waals surface area contributed by atoms with E-state index in [9.17, 15) is 20.0 Å². The molecular weight excluding hydrogens is 260 g/mol. The van der Waals surface area contributed by atoms with Crippen molar-refractivity contribution in [2.45, 2.75) is 25.4 Å². The fraction of sp³-hybridized carbons (Fsp3) is 0.500. The molecule has 2 aliphatic rings. The van der Waals surface area contributed by atoms with Crippen molar-refractivity contribution in [1.82, 2.24) is 4.90 Å². The number of aliphatic hydroxyl groups is 1. The highest BCUT2D eigenvalue weighted by atomic mass is 16.6. The van der Waals surface area contributed by atoms with E-state index in [1.807, 2.05) is 0 Å². The second-order valence-corrected chi connectivity index (χ2v) is 5.77. The number of carbonyl (C=O) groups is 1. The molecule has 1 amide bonds. The number of amides is 1. The maximum Gasteiger partial charge on any atom is 0.282 e. The van der Waals surface area contributed by atoms with E-state index in [0.717, 1.165) is 12.8 Å². The number of nitro groups is 1. The zero-order valence-corrected chi connectivity index (χ0v) is 11.2. The molecule has 6 heteroatoms. The Morgan fingerprint density at radius 1 is 1.45 bits per heavy atom. The fourth-order valence-corrected chi connectivity index (χ4v) is 2.88. The summed E-state index contributed by atoms with van der Waals surface area (Å²) in [5, 5.41) is 21.3. The van der Waals surface area contributed by atoms with Gasteiger partial charge in [-0.1, -0.05) is 12.1 Å². The molecule has 1 aliphatic carbocycles. The van der Waals surface area contributed by atoms with Crippen LogP contribution < -0.4 is 0 Å². The van der Waals surface area contributed by atoms with E-state index < -0.39 is 10.5 Å². The molecule has 3 rings (SSSR count). The van der Waals surface area contributed by atoms with E-state index in [-0.39, 0.29) is 30.2 Å². The van der Waals surface area contributed by atoms with Crippen molar-refractivity contribution in [1.29, 1.82) is 0 Å². The third kappa shape index (κ3) is 1.96. The molecule has 0 aromatic heterocycles. The van der Waals surface area contributed by atoms with Crippen LogP contribution in [0.5, 0.6) is 0 Å². The summed E-state index contributed by atoms with van der Waals surface area (Å²) in [5.74, 6) is -0.0708. The summed E-state index contributed by atoms with van der Waals surface area (Å²) < 4.78 is 0. The molecule has 0 radical (unpaired) electrons. The van der Waals surface area contributed by atoms with Crippen molar-refractivity contribution in [3.63, 3.8) is 0 Å². The summed E-state index contributed by atoms with van der Waals surface area (Å²) >= 11 is 0. The van der Waals surface area contributed by atoms with Gasteiger partial charge in [0, 0.05) is 6.07 Å². The van der Waals surface area contributed by atoms with Crippen molar-refractivity contribution >= 4 is 11.6 Å². The summed E-state index contributed by atoms with van der Waals surface area (Å²) in [7, 11) is 0. The van der Waals surface area contributed by atoms with Crippen molar-refractivity contribution in [3.05, 3.63) is 39.4 Å². The van der Waals surface area contributed by atoms with E-state index in [1.165, 1.54) is 11.0 Å². The average Bonchev–Trinajstić information content (AvgIpc) is 3.18. The first-order valence-corrected chi connectivity index (χ1v) is 6.68. The van der Waals surface area contributed by atoms with Crippen molar-refractivity contribution in [2.24, 2.45) is 5.92 Å². The highest BCUT2D eigenvalue weighted by Crippen LogP contribution is 2.45. The molecule has 1 aromatic carbocycles. The Morgan fingerprint density at radius 3 is 2.65 bits per heavy atom.